The highest BCUT2D eigenvalue weighted by molar-refractivity contribution is 9.10. The predicted octanol–water partition coefficient (Wildman–Crippen LogP) is 5.03. The van der Waals surface area contributed by atoms with Crippen LogP contribution in [0.25, 0.3) is 11.4 Å². The monoisotopic (exact) mass is 486 g/mol. The van der Waals surface area contributed by atoms with Gasteiger partial charge in [-0.2, -0.15) is 4.98 Å². The molecule has 3 heterocycles. The van der Waals surface area contributed by atoms with E-state index in [4.69, 9.17) is 5.10 Å². The molecule has 7 nitrogen and oxygen atoms in total. The Balaban J connectivity index is 1.62. The number of para-hydroxylation sites is 1. The van der Waals surface area contributed by atoms with Crippen molar-refractivity contribution in [3.05, 3.63) is 100 Å². The van der Waals surface area contributed by atoms with E-state index in [9.17, 15) is 4.79 Å². The van der Waals surface area contributed by atoms with E-state index < -0.39 is 6.04 Å². The molecule has 2 N–H and O–H groups in total. The fraction of sp³-hybridized carbons (Fsp3) is 0.0833. The van der Waals surface area contributed by atoms with Crippen LogP contribution in [0.4, 0.5) is 11.6 Å². The summed E-state index contributed by atoms with van der Waals surface area (Å²) in [4.78, 5) is 22.3. The molecule has 4 aromatic rings. The minimum Gasteiger partial charge on any atom is -0.328 e. The zero-order chi connectivity index (χ0) is 22.1. The van der Waals surface area contributed by atoms with Gasteiger partial charge in [-0.1, -0.05) is 46.3 Å². The summed E-state index contributed by atoms with van der Waals surface area (Å²) in [5.41, 5.74) is 3.74. The Morgan fingerprint density at radius 3 is 2.69 bits per heavy atom. The molecule has 2 aromatic heterocycles. The number of carbonyl (C=O) groups is 1. The molecule has 1 aliphatic heterocycles. The lowest BCUT2D eigenvalue weighted by atomic mass is 9.95. The Bertz CT molecular complexity index is 1320. The third-order valence-electron chi connectivity index (χ3n) is 5.21. The SMILES string of the molecule is CC1=C(C(=O)Nc2ccccc2)[C@@H](c2cccc(Br)c2)n2nc(-c3cccnc3)nc2N1. The number of pyridine rings is 1. The van der Waals surface area contributed by atoms with Crippen molar-refractivity contribution in [2.75, 3.05) is 10.6 Å². The maximum absolute atomic E-state index is 13.4. The number of halogens is 1. The topological polar surface area (TPSA) is 84.7 Å². The van der Waals surface area contributed by atoms with Gasteiger partial charge in [0.05, 0.1) is 5.57 Å². The molecule has 0 radical (unpaired) electrons. The zero-order valence-electron chi connectivity index (χ0n) is 17.2. The van der Waals surface area contributed by atoms with Crippen molar-refractivity contribution in [3.63, 3.8) is 0 Å². The fourth-order valence-electron chi connectivity index (χ4n) is 3.77. The second kappa shape index (κ2) is 8.39. The lowest BCUT2D eigenvalue weighted by Crippen LogP contribution is -2.31. The van der Waals surface area contributed by atoms with Gasteiger partial charge < -0.3 is 10.6 Å². The largest absolute Gasteiger partial charge is 0.328 e. The number of amides is 1. The van der Waals surface area contributed by atoms with Crippen LogP contribution in [0.3, 0.4) is 0 Å². The van der Waals surface area contributed by atoms with Crippen LogP contribution >= 0.6 is 15.9 Å². The summed E-state index contributed by atoms with van der Waals surface area (Å²) in [7, 11) is 0. The first kappa shape index (κ1) is 20.1. The number of anilines is 2. The van der Waals surface area contributed by atoms with Gasteiger partial charge in [0, 0.05) is 33.8 Å². The predicted molar refractivity (Wildman–Crippen MR) is 127 cm³/mol. The summed E-state index contributed by atoms with van der Waals surface area (Å²) >= 11 is 3.55. The maximum atomic E-state index is 13.4. The minimum absolute atomic E-state index is 0.199. The smallest absolute Gasteiger partial charge is 0.255 e. The molecule has 0 spiro atoms. The van der Waals surface area contributed by atoms with E-state index in [2.05, 4.69) is 36.5 Å². The van der Waals surface area contributed by atoms with Crippen LogP contribution in [0.2, 0.25) is 0 Å². The Morgan fingerprint density at radius 1 is 1.09 bits per heavy atom. The molecule has 5 rings (SSSR count). The highest BCUT2D eigenvalue weighted by Crippen LogP contribution is 2.37. The summed E-state index contributed by atoms with van der Waals surface area (Å²) in [6.45, 7) is 1.88. The van der Waals surface area contributed by atoms with Crippen LogP contribution in [0, 0.1) is 0 Å². The summed E-state index contributed by atoms with van der Waals surface area (Å²) in [6, 6.07) is 20.6. The quantitative estimate of drug-likeness (QED) is 0.422. The van der Waals surface area contributed by atoms with Gasteiger partial charge in [0.25, 0.3) is 5.91 Å². The Hall–Kier alpha value is -3.78. The van der Waals surface area contributed by atoms with Crippen LogP contribution < -0.4 is 10.6 Å². The van der Waals surface area contributed by atoms with Crippen LogP contribution in [0.15, 0.2) is 94.9 Å². The van der Waals surface area contributed by atoms with Gasteiger partial charge in [0.1, 0.15) is 6.04 Å². The summed E-state index contributed by atoms with van der Waals surface area (Å²) in [5.74, 6) is 0.913. The van der Waals surface area contributed by atoms with Gasteiger partial charge in [-0.15, -0.1) is 5.10 Å². The van der Waals surface area contributed by atoms with Crippen molar-refractivity contribution in [1.82, 2.24) is 19.7 Å². The molecule has 0 fully saturated rings. The van der Waals surface area contributed by atoms with Gasteiger partial charge in [0.15, 0.2) is 5.82 Å². The van der Waals surface area contributed by atoms with E-state index >= 15 is 0 Å². The number of hydrogen-bond acceptors (Lipinski definition) is 5. The Morgan fingerprint density at radius 2 is 1.94 bits per heavy atom. The molecule has 0 aliphatic carbocycles. The van der Waals surface area contributed by atoms with Crippen LogP contribution in [0.5, 0.6) is 0 Å². The van der Waals surface area contributed by atoms with Crippen molar-refractivity contribution in [1.29, 1.82) is 0 Å². The van der Waals surface area contributed by atoms with Crippen molar-refractivity contribution in [2.45, 2.75) is 13.0 Å². The number of benzene rings is 2. The first-order chi connectivity index (χ1) is 15.6. The zero-order valence-corrected chi connectivity index (χ0v) is 18.7. The molecule has 1 amide bonds. The summed E-state index contributed by atoms with van der Waals surface area (Å²) in [6.07, 6.45) is 3.43. The molecule has 1 atom stereocenters. The molecule has 2 aromatic carbocycles. The summed E-state index contributed by atoms with van der Waals surface area (Å²) in [5, 5.41) is 11.0. The molecule has 32 heavy (non-hydrogen) atoms. The van der Waals surface area contributed by atoms with Gasteiger partial charge in [-0.3, -0.25) is 9.78 Å². The molecule has 0 bridgehead atoms. The van der Waals surface area contributed by atoms with Gasteiger partial charge >= 0.3 is 0 Å². The third kappa shape index (κ3) is 3.80. The number of carbonyl (C=O) groups excluding carboxylic acids is 1. The van der Waals surface area contributed by atoms with Crippen molar-refractivity contribution < 1.29 is 4.79 Å². The number of nitrogens with one attached hydrogen (secondary N) is 2. The lowest BCUT2D eigenvalue weighted by Gasteiger charge is -2.28. The fourth-order valence-corrected chi connectivity index (χ4v) is 4.18. The van der Waals surface area contributed by atoms with E-state index in [1.54, 1.807) is 17.1 Å². The molecule has 0 saturated carbocycles. The average Bonchev–Trinajstić information content (AvgIpc) is 3.23. The van der Waals surface area contributed by atoms with E-state index in [0.717, 1.165) is 27.0 Å². The van der Waals surface area contributed by atoms with Gasteiger partial charge in [-0.05, 0) is 48.9 Å². The first-order valence-electron chi connectivity index (χ1n) is 10.1. The van der Waals surface area contributed by atoms with E-state index in [-0.39, 0.29) is 5.91 Å². The van der Waals surface area contributed by atoms with Crippen molar-refractivity contribution >= 4 is 33.5 Å². The molecular formula is C24H19BrN6O. The van der Waals surface area contributed by atoms with Crippen LogP contribution in [-0.2, 0) is 4.79 Å². The Labute approximate surface area is 193 Å². The first-order valence-corrected chi connectivity index (χ1v) is 10.9. The number of nitrogens with zero attached hydrogens (tertiary/aromatic N) is 4. The second-order valence-corrected chi connectivity index (χ2v) is 8.30. The molecule has 0 saturated heterocycles. The van der Waals surface area contributed by atoms with E-state index in [1.807, 2.05) is 73.7 Å². The second-order valence-electron chi connectivity index (χ2n) is 7.39. The molecular weight excluding hydrogens is 468 g/mol. The normalized spacial score (nSPS) is 15.1. The minimum atomic E-state index is -0.453. The average molecular weight is 487 g/mol. The Kier molecular flexibility index (Phi) is 5.28. The number of hydrogen-bond donors (Lipinski definition) is 2. The van der Waals surface area contributed by atoms with Gasteiger partial charge in [0.2, 0.25) is 5.95 Å². The van der Waals surface area contributed by atoms with Gasteiger partial charge in [-0.25, -0.2) is 4.68 Å². The molecule has 158 valence electrons. The van der Waals surface area contributed by atoms with E-state index in [0.29, 0.717) is 17.3 Å². The van der Waals surface area contributed by atoms with Crippen LogP contribution in [-0.4, -0.2) is 25.7 Å². The van der Waals surface area contributed by atoms with Crippen LogP contribution in [0.1, 0.15) is 18.5 Å². The highest BCUT2D eigenvalue weighted by atomic mass is 79.9. The number of rotatable bonds is 4. The van der Waals surface area contributed by atoms with Crippen molar-refractivity contribution in [3.8, 4) is 11.4 Å². The highest BCUT2D eigenvalue weighted by Gasteiger charge is 2.34. The third-order valence-corrected chi connectivity index (χ3v) is 5.71. The number of aromatic nitrogens is 4. The molecule has 1 aliphatic rings. The standard InChI is InChI=1S/C24H19BrN6O/c1-15-20(23(32)28-19-10-3-2-4-11-19)21(16-7-5-9-18(25)13-16)31-24(27-15)29-22(30-31)17-8-6-12-26-14-17/h2-14,21H,1H3,(H,28,32)(H,27,29,30)/t21-/m1/s1. The maximum Gasteiger partial charge on any atom is 0.255 e. The summed E-state index contributed by atoms with van der Waals surface area (Å²) < 4.78 is 2.68. The molecule has 0 unspecified atom stereocenters. The molecule has 8 heteroatoms. The van der Waals surface area contributed by atoms with E-state index in [1.165, 1.54) is 0 Å². The number of allylic oxidation sites excluding steroid dienone is 1. The lowest BCUT2D eigenvalue weighted by molar-refractivity contribution is -0.113. The van der Waals surface area contributed by atoms with Crippen molar-refractivity contribution in [2.24, 2.45) is 0 Å². The number of fused-ring (bicyclic) bond motifs is 1.